The van der Waals surface area contributed by atoms with Gasteiger partial charge in [0.1, 0.15) is 0 Å². The Morgan fingerprint density at radius 3 is 2.89 bits per heavy atom. The molecule has 0 amide bonds. The summed E-state index contributed by atoms with van der Waals surface area (Å²) in [5.74, 6) is 0. The van der Waals surface area contributed by atoms with Crippen molar-refractivity contribution >= 4 is 22.5 Å². The molecule has 4 heteroatoms. The van der Waals surface area contributed by atoms with E-state index in [2.05, 4.69) is 39.2 Å². The van der Waals surface area contributed by atoms with E-state index in [9.17, 15) is 0 Å². The molecule has 0 fully saturated rings. The average Bonchev–Trinajstić information content (AvgIpc) is 2.74. The van der Waals surface area contributed by atoms with Gasteiger partial charge in [0, 0.05) is 29.5 Å². The molecular formula is C14H12ClN3. The molecule has 0 saturated carbocycles. The molecule has 3 aromatic rings. The highest BCUT2D eigenvalue weighted by Gasteiger charge is 2.03. The lowest BCUT2D eigenvalue weighted by atomic mass is 10.1. The SMILES string of the molecule is Cc1cc(Cc2ccc3[nH]ccc3c2)nc(Cl)n1. The number of aromatic amines is 1. The van der Waals surface area contributed by atoms with Crippen LogP contribution in [0.25, 0.3) is 10.9 Å². The summed E-state index contributed by atoms with van der Waals surface area (Å²) in [7, 11) is 0. The van der Waals surface area contributed by atoms with Gasteiger partial charge < -0.3 is 4.98 Å². The predicted molar refractivity (Wildman–Crippen MR) is 72.9 cm³/mol. The van der Waals surface area contributed by atoms with E-state index in [1.54, 1.807) is 0 Å². The van der Waals surface area contributed by atoms with E-state index in [4.69, 9.17) is 11.6 Å². The molecule has 0 bridgehead atoms. The first-order valence-corrected chi connectivity index (χ1v) is 6.14. The Bertz CT molecular complexity index is 683. The third-order valence-corrected chi connectivity index (χ3v) is 3.05. The molecule has 1 N–H and O–H groups in total. The molecule has 0 atom stereocenters. The van der Waals surface area contributed by atoms with E-state index < -0.39 is 0 Å². The third kappa shape index (κ3) is 2.22. The fourth-order valence-electron chi connectivity index (χ4n) is 2.11. The number of benzene rings is 1. The summed E-state index contributed by atoms with van der Waals surface area (Å²) in [6.07, 6.45) is 2.71. The van der Waals surface area contributed by atoms with Crippen LogP contribution in [0.3, 0.4) is 0 Å². The smallest absolute Gasteiger partial charge is 0.222 e. The van der Waals surface area contributed by atoms with Gasteiger partial charge in [-0.2, -0.15) is 0 Å². The molecule has 0 saturated heterocycles. The van der Waals surface area contributed by atoms with Gasteiger partial charge in [-0.1, -0.05) is 6.07 Å². The molecule has 0 aliphatic heterocycles. The largest absolute Gasteiger partial charge is 0.361 e. The van der Waals surface area contributed by atoms with Crippen LogP contribution in [0.1, 0.15) is 17.0 Å². The van der Waals surface area contributed by atoms with Gasteiger partial charge in [0.15, 0.2) is 0 Å². The maximum Gasteiger partial charge on any atom is 0.222 e. The van der Waals surface area contributed by atoms with E-state index >= 15 is 0 Å². The summed E-state index contributed by atoms with van der Waals surface area (Å²) in [4.78, 5) is 11.5. The first-order chi connectivity index (χ1) is 8.70. The van der Waals surface area contributed by atoms with E-state index in [0.717, 1.165) is 23.3 Å². The number of H-pyrrole nitrogens is 1. The van der Waals surface area contributed by atoms with E-state index in [0.29, 0.717) is 5.28 Å². The molecule has 0 aliphatic rings. The van der Waals surface area contributed by atoms with E-state index in [1.165, 1.54) is 10.9 Å². The number of nitrogens with zero attached hydrogens (tertiary/aromatic N) is 2. The maximum atomic E-state index is 5.87. The van der Waals surface area contributed by atoms with Crippen LogP contribution >= 0.6 is 11.6 Å². The van der Waals surface area contributed by atoms with Crippen molar-refractivity contribution in [3.8, 4) is 0 Å². The Hall–Kier alpha value is -1.87. The zero-order chi connectivity index (χ0) is 12.5. The second kappa shape index (κ2) is 4.42. The van der Waals surface area contributed by atoms with Crippen molar-refractivity contribution in [2.75, 3.05) is 0 Å². The number of rotatable bonds is 2. The average molecular weight is 258 g/mol. The Kier molecular flexibility index (Phi) is 2.76. The van der Waals surface area contributed by atoms with Crippen LogP contribution in [0.2, 0.25) is 5.28 Å². The van der Waals surface area contributed by atoms with Gasteiger partial charge in [-0.25, -0.2) is 9.97 Å². The number of fused-ring (bicyclic) bond motifs is 1. The van der Waals surface area contributed by atoms with Crippen LogP contribution in [0.4, 0.5) is 0 Å². The number of hydrogen-bond donors (Lipinski definition) is 1. The summed E-state index contributed by atoms with van der Waals surface area (Å²) < 4.78 is 0. The first kappa shape index (κ1) is 11.2. The van der Waals surface area contributed by atoms with E-state index in [1.807, 2.05) is 19.2 Å². The monoisotopic (exact) mass is 257 g/mol. The van der Waals surface area contributed by atoms with Crippen molar-refractivity contribution in [2.24, 2.45) is 0 Å². The minimum absolute atomic E-state index is 0.313. The van der Waals surface area contributed by atoms with Gasteiger partial charge in [-0.3, -0.25) is 0 Å². The Morgan fingerprint density at radius 1 is 1.17 bits per heavy atom. The minimum atomic E-state index is 0.313. The molecular weight excluding hydrogens is 246 g/mol. The fraction of sp³-hybridized carbons (Fsp3) is 0.143. The Morgan fingerprint density at radius 2 is 2.06 bits per heavy atom. The van der Waals surface area contributed by atoms with Crippen molar-refractivity contribution in [3.05, 3.63) is 58.8 Å². The van der Waals surface area contributed by atoms with Crippen molar-refractivity contribution < 1.29 is 0 Å². The summed E-state index contributed by atoms with van der Waals surface area (Å²) >= 11 is 5.87. The number of aromatic nitrogens is 3. The molecule has 18 heavy (non-hydrogen) atoms. The van der Waals surface area contributed by atoms with Crippen LogP contribution in [0, 0.1) is 6.92 Å². The highest BCUT2D eigenvalue weighted by Crippen LogP contribution is 2.17. The summed E-state index contributed by atoms with van der Waals surface area (Å²) in [5, 5.41) is 1.53. The summed E-state index contributed by atoms with van der Waals surface area (Å²) in [6.45, 7) is 1.92. The normalized spacial score (nSPS) is 11.0. The molecule has 2 heterocycles. The predicted octanol–water partition coefficient (Wildman–Crippen LogP) is 3.51. The van der Waals surface area contributed by atoms with Crippen LogP contribution < -0.4 is 0 Å². The molecule has 1 aromatic carbocycles. The molecule has 0 spiro atoms. The van der Waals surface area contributed by atoms with Crippen molar-refractivity contribution in [3.63, 3.8) is 0 Å². The second-order valence-corrected chi connectivity index (χ2v) is 4.68. The van der Waals surface area contributed by atoms with E-state index in [-0.39, 0.29) is 0 Å². The topological polar surface area (TPSA) is 41.6 Å². The molecule has 0 unspecified atom stereocenters. The first-order valence-electron chi connectivity index (χ1n) is 5.77. The van der Waals surface area contributed by atoms with Gasteiger partial charge in [0.25, 0.3) is 0 Å². The zero-order valence-electron chi connectivity index (χ0n) is 9.94. The quantitative estimate of drug-likeness (QED) is 0.714. The standard InChI is InChI=1S/C14H12ClN3/c1-9-6-12(18-14(15)17-9)8-10-2-3-13-11(7-10)4-5-16-13/h2-7,16H,8H2,1H3. The van der Waals surface area contributed by atoms with Gasteiger partial charge in [0.2, 0.25) is 5.28 Å². The lowest BCUT2D eigenvalue weighted by molar-refractivity contribution is 1.00. The molecule has 0 radical (unpaired) electrons. The van der Waals surface area contributed by atoms with Gasteiger partial charge in [-0.15, -0.1) is 0 Å². The van der Waals surface area contributed by atoms with Crippen molar-refractivity contribution in [1.29, 1.82) is 0 Å². The van der Waals surface area contributed by atoms with Crippen LogP contribution in [-0.4, -0.2) is 15.0 Å². The number of halogens is 1. The minimum Gasteiger partial charge on any atom is -0.361 e. The van der Waals surface area contributed by atoms with Gasteiger partial charge in [0.05, 0.1) is 0 Å². The fourth-order valence-corrected chi connectivity index (χ4v) is 2.35. The zero-order valence-corrected chi connectivity index (χ0v) is 10.7. The summed E-state index contributed by atoms with van der Waals surface area (Å²) in [5.41, 5.74) is 4.21. The highest BCUT2D eigenvalue weighted by atomic mass is 35.5. The summed E-state index contributed by atoms with van der Waals surface area (Å²) in [6, 6.07) is 10.4. The number of aryl methyl sites for hydroxylation is 1. The molecule has 0 aliphatic carbocycles. The second-order valence-electron chi connectivity index (χ2n) is 4.35. The lowest BCUT2D eigenvalue weighted by Crippen LogP contribution is -1.96. The lowest BCUT2D eigenvalue weighted by Gasteiger charge is -2.03. The van der Waals surface area contributed by atoms with Crippen LogP contribution in [0.5, 0.6) is 0 Å². The Labute approximate surface area is 110 Å². The van der Waals surface area contributed by atoms with Gasteiger partial charge >= 0.3 is 0 Å². The Balaban J connectivity index is 1.95. The molecule has 3 rings (SSSR count). The maximum absolute atomic E-state index is 5.87. The highest BCUT2D eigenvalue weighted by molar-refractivity contribution is 6.28. The molecule has 2 aromatic heterocycles. The molecule has 90 valence electrons. The molecule has 3 nitrogen and oxygen atoms in total. The van der Waals surface area contributed by atoms with Gasteiger partial charge in [-0.05, 0) is 53.7 Å². The number of nitrogens with one attached hydrogen (secondary N) is 1. The third-order valence-electron chi connectivity index (χ3n) is 2.88. The van der Waals surface area contributed by atoms with Crippen LogP contribution in [-0.2, 0) is 6.42 Å². The number of hydrogen-bond acceptors (Lipinski definition) is 2. The van der Waals surface area contributed by atoms with Crippen molar-refractivity contribution in [2.45, 2.75) is 13.3 Å². The van der Waals surface area contributed by atoms with Crippen molar-refractivity contribution in [1.82, 2.24) is 15.0 Å². The van der Waals surface area contributed by atoms with Crippen LogP contribution in [0.15, 0.2) is 36.5 Å².